The Balaban J connectivity index is 1.81. The summed E-state index contributed by atoms with van der Waals surface area (Å²) in [4.78, 5) is 19.1. The van der Waals surface area contributed by atoms with Crippen LogP contribution in [0.1, 0.15) is 29.8 Å². The summed E-state index contributed by atoms with van der Waals surface area (Å²) in [6.07, 6.45) is 1.69. The molecule has 2 N–H and O–H groups in total. The van der Waals surface area contributed by atoms with E-state index >= 15 is 0 Å². The van der Waals surface area contributed by atoms with Crippen LogP contribution in [-0.4, -0.2) is 35.8 Å². The number of aliphatic hydroxyl groups excluding tert-OH is 1. The van der Waals surface area contributed by atoms with E-state index in [0.29, 0.717) is 46.8 Å². The number of nitrogens with zero attached hydrogens (tertiary/aromatic N) is 2. The number of carbonyl (C=O) groups excluding carboxylic acids is 1. The number of amides is 1. The van der Waals surface area contributed by atoms with E-state index in [2.05, 4.69) is 24.1 Å². The monoisotopic (exact) mass is 453 g/mol. The van der Waals surface area contributed by atoms with Crippen molar-refractivity contribution in [3.8, 4) is 5.75 Å². The number of pyridine rings is 1. The summed E-state index contributed by atoms with van der Waals surface area (Å²) in [7, 11) is 0. The van der Waals surface area contributed by atoms with Crippen LogP contribution in [0.3, 0.4) is 0 Å². The maximum absolute atomic E-state index is 12.9. The predicted molar refractivity (Wildman–Crippen MR) is 129 cm³/mol. The van der Waals surface area contributed by atoms with Crippen LogP contribution >= 0.6 is 11.6 Å². The molecule has 6 nitrogen and oxygen atoms in total. The highest BCUT2D eigenvalue weighted by molar-refractivity contribution is 6.33. The van der Waals surface area contributed by atoms with Gasteiger partial charge in [-0.2, -0.15) is 0 Å². The summed E-state index contributed by atoms with van der Waals surface area (Å²) in [6.45, 7) is 6.96. The minimum Gasteiger partial charge on any atom is -0.493 e. The number of aryl methyl sites for hydroxylation is 1. The van der Waals surface area contributed by atoms with Crippen LogP contribution in [0, 0.1) is 12.8 Å². The van der Waals surface area contributed by atoms with E-state index in [0.717, 1.165) is 11.3 Å². The first-order valence-corrected chi connectivity index (χ1v) is 10.9. The SMILES string of the molecule is Cc1cccnc1N(CCO)c1cc(C(=O)Nc2ccc(OCC(C)C)cc2)ccc1Cl. The largest absolute Gasteiger partial charge is 0.493 e. The van der Waals surface area contributed by atoms with Crippen LogP contribution in [-0.2, 0) is 0 Å². The second kappa shape index (κ2) is 11.0. The number of ether oxygens (including phenoxy) is 1. The number of halogens is 1. The fraction of sp³-hybridized carbons (Fsp3) is 0.280. The number of hydrogen-bond donors (Lipinski definition) is 2. The topological polar surface area (TPSA) is 74.7 Å². The van der Waals surface area contributed by atoms with E-state index < -0.39 is 0 Å². The molecule has 0 bridgehead atoms. The average molecular weight is 454 g/mol. The minimum atomic E-state index is -0.263. The molecule has 0 atom stereocenters. The third-order valence-corrected chi connectivity index (χ3v) is 5.08. The Kier molecular flexibility index (Phi) is 8.09. The van der Waals surface area contributed by atoms with E-state index in [-0.39, 0.29) is 12.5 Å². The van der Waals surface area contributed by atoms with E-state index in [1.165, 1.54) is 0 Å². The average Bonchev–Trinajstić information content (AvgIpc) is 2.78. The van der Waals surface area contributed by atoms with Crippen molar-refractivity contribution in [1.82, 2.24) is 4.98 Å². The molecule has 1 heterocycles. The first-order valence-electron chi connectivity index (χ1n) is 10.5. The number of aromatic nitrogens is 1. The number of carbonyl (C=O) groups is 1. The van der Waals surface area contributed by atoms with E-state index in [1.54, 1.807) is 36.5 Å². The highest BCUT2D eigenvalue weighted by Crippen LogP contribution is 2.33. The van der Waals surface area contributed by atoms with Crippen LogP contribution in [0.5, 0.6) is 5.75 Å². The zero-order valence-electron chi connectivity index (χ0n) is 18.5. The maximum atomic E-state index is 12.9. The molecule has 0 aliphatic rings. The molecule has 0 aliphatic carbocycles. The van der Waals surface area contributed by atoms with Crippen LogP contribution < -0.4 is 15.0 Å². The van der Waals surface area contributed by atoms with E-state index in [9.17, 15) is 9.90 Å². The lowest BCUT2D eigenvalue weighted by molar-refractivity contribution is 0.102. The van der Waals surface area contributed by atoms with Crippen LogP contribution in [0.15, 0.2) is 60.8 Å². The van der Waals surface area contributed by atoms with Crippen LogP contribution in [0.4, 0.5) is 17.2 Å². The third-order valence-electron chi connectivity index (χ3n) is 4.76. The quantitative estimate of drug-likeness (QED) is 0.450. The van der Waals surface area contributed by atoms with Crippen molar-refractivity contribution in [2.24, 2.45) is 5.92 Å². The number of nitrogens with one attached hydrogen (secondary N) is 1. The summed E-state index contributed by atoms with van der Waals surface area (Å²) in [6, 6.07) is 16.1. The standard InChI is InChI=1S/C25H28ClN3O3/c1-17(2)16-32-21-9-7-20(8-10-21)28-25(31)19-6-11-22(26)23(15-19)29(13-14-30)24-18(3)5-4-12-27-24/h4-12,15,17,30H,13-14,16H2,1-3H3,(H,28,31). The minimum absolute atomic E-state index is 0.0893. The second-order valence-electron chi connectivity index (χ2n) is 7.87. The molecule has 1 aromatic heterocycles. The van der Waals surface area contributed by atoms with E-state index in [1.807, 2.05) is 36.1 Å². The van der Waals surface area contributed by atoms with Gasteiger partial charge in [-0.25, -0.2) is 4.98 Å². The Hall–Kier alpha value is -3.09. The molecule has 7 heteroatoms. The van der Waals surface area contributed by atoms with Crippen molar-refractivity contribution in [1.29, 1.82) is 0 Å². The Morgan fingerprint density at radius 2 is 1.94 bits per heavy atom. The molecule has 0 saturated carbocycles. The van der Waals surface area contributed by atoms with Crippen LogP contribution in [0.2, 0.25) is 5.02 Å². The van der Waals surface area contributed by atoms with Gasteiger partial charge in [-0.1, -0.05) is 31.5 Å². The highest BCUT2D eigenvalue weighted by Gasteiger charge is 2.18. The molecule has 0 aliphatic heterocycles. The Morgan fingerprint density at radius 3 is 2.59 bits per heavy atom. The van der Waals surface area contributed by atoms with Gasteiger partial charge >= 0.3 is 0 Å². The van der Waals surface area contributed by atoms with Crippen molar-refractivity contribution >= 4 is 34.7 Å². The van der Waals surface area contributed by atoms with Gasteiger partial charge in [0.15, 0.2) is 0 Å². The molecule has 0 spiro atoms. The number of aliphatic hydroxyl groups is 1. The Bertz CT molecular complexity index is 1050. The lowest BCUT2D eigenvalue weighted by Crippen LogP contribution is -2.24. The summed E-state index contributed by atoms with van der Waals surface area (Å²) < 4.78 is 5.68. The molecule has 168 valence electrons. The molecule has 3 rings (SSSR count). The normalized spacial score (nSPS) is 10.8. The van der Waals surface area contributed by atoms with Gasteiger partial charge in [0.2, 0.25) is 0 Å². The molecule has 1 amide bonds. The van der Waals surface area contributed by atoms with Crippen molar-refractivity contribution in [3.63, 3.8) is 0 Å². The van der Waals surface area contributed by atoms with Gasteiger partial charge in [0.25, 0.3) is 5.91 Å². The first kappa shape index (κ1) is 23.6. The fourth-order valence-corrected chi connectivity index (χ4v) is 3.38. The fourth-order valence-electron chi connectivity index (χ4n) is 3.16. The highest BCUT2D eigenvalue weighted by atomic mass is 35.5. The lowest BCUT2D eigenvalue weighted by Gasteiger charge is -2.26. The molecule has 0 saturated heterocycles. The number of benzene rings is 2. The van der Waals surface area contributed by atoms with Gasteiger partial charge in [0, 0.05) is 24.0 Å². The zero-order chi connectivity index (χ0) is 23.1. The van der Waals surface area contributed by atoms with Crippen molar-refractivity contribution in [2.75, 3.05) is 30.0 Å². The smallest absolute Gasteiger partial charge is 0.255 e. The summed E-state index contributed by atoms with van der Waals surface area (Å²) in [5, 5.41) is 13.0. The van der Waals surface area contributed by atoms with Gasteiger partial charge < -0.3 is 20.1 Å². The predicted octanol–water partition coefficient (Wildman–Crippen LogP) is 5.46. The molecule has 2 aromatic carbocycles. The molecular formula is C25H28ClN3O3. The summed E-state index contributed by atoms with van der Waals surface area (Å²) in [5.41, 5.74) is 2.65. The van der Waals surface area contributed by atoms with Gasteiger partial charge in [0.1, 0.15) is 11.6 Å². The summed E-state index contributed by atoms with van der Waals surface area (Å²) >= 11 is 6.47. The first-order chi connectivity index (χ1) is 15.4. The molecule has 32 heavy (non-hydrogen) atoms. The Labute approximate surface area is 193 Å². The van der Waals surface area contributed by atoms with Gasteiger partial charge in [0.05, 0.1) is 23.9 Å². The summed E-state index contributed by atoms with van der Waals surface area (Å²) in [5.74, 6) is 1.61. The number of rotatable bonds is 9. The maximum Gasteiger partial charge on any atom is 0.255 e. The van der Waals surface area contributed by atoms with E-state index in [4.69, 9.17) is 16.3 Å². The second-order valence-corrected chi connectivity index (χ2v) is 8.28. The molecule has 0 fully saturated rings. The van der Waals surface area contributed by atoms with Gasteiger partial charge in [-0.3, -0.25) is 4.79 Å². The number of anilines is 3. The number of hydrogen-bond acceptors (Lipinski definition) is 5. The molecular weight excluding hydrogens is 426 g/mol. The zero-order valence-corrected chi connectivity index (χ0v) is 19.3. The van der Waals surface area contributed by atoms with Crippen molar-refractivity contribution in [2.45, 2.75) is 20.8 Å². The van der Waals surface area contributed by atoms with Crippen molar-refractivity contribution < 1.29 is 14.6 Å². The molecule has 0 unspecified atom stereocenters. The van der Waals surface area contributed by atoms with Crippen LogP contribution in [0.25, 0.3) is 0 Å². The van der Waals surface area contributed by atoms with Gasteiger partial charge in [-0.05, 0) is 66.9 Å². The third kappa shape index (κ3) is 5.99. The molecule has 3 aromatic rings. The Morgan fingerprint density at radius 1 is 1.19 bits per heavy atom. The van der Waals surface area contributed by atoms with Gasteiger partial charge in [-0.15, -0.1) is 0 Å². The van der Waals surface area contributed by atoms with Crippen molar-refractivity contribution in [3.05, 3.63) is 76.9 Å². The molecule has 0 radical (unpaired) electrons. The lowest BCUT2D eigenvalue weighted by atomic mass is 10.1.